The lowest BCUT2D eigenvalue weighted by molar-refractivity contribution is -0.124. The Morgan fingerprint density at radius 2 is 2.12 bits per heavy atom. The van der Waals surface area contributed by atoms with Gasteiger partial charge in [0.2, 0.25) is 5.91 Å². The number of anilines is 1. The van der Waals surface area contributed by atoms with Crippen LogP contribution in [0.3, 0.4) is 0 Å². The molecule has 1 atom stereocenters. The highest BCUT2D eigenvalue weighted by molar-refractivity contribution is 5.98. The number of rotatable bonds is 2. The number of carbonyl (C=O) groups is 1. The lowest BCUT2D eigenvalue weighted by atomic mass is 10.1. The van der Waals surface area contributed by atoms with Gasteiger partial charge in [-0.1, -0.05) is 12.1 Å². The molecule has 2 N–H and O–H groups in total. The lowest BCUT2D eigenvalue weighted by Crippen LogP contribution is -2.58. The fourth-order valence-electron chi connectivity index (χ4n) is 2.08. The van der Waals surface area contributed by atoms with Gasteiger partial charge >= 0.3 is 0 Å². The molecular formula is C12H16FN3O. The number of nitrogens with two attached hydrogens (primary N) is 1. The van der Waals surface area contributed by atoms with Gasteiger partial charge in [-0.15, -0.1) is 0 Å². The van der Waals surface area contributed by atoms with E-state index in [9.17, 15) is 9.18 Å². The van der Waals surface area contributed by atoms with Gasteiger partial charge in [-0.2, -0.15) is 0 Å². The van der Waals surface area contributed by atoms with E-state index in [0.29, 0.717) is 18.8 Å². The molecule has 1 unspecified atom stereocenters. The van der Waals surface area contributed by atoms with Gasteiger partial charge in [-0.25, -0.2) is 4.39 Å². The third kappa shape index (κ3) is 2.16. The van der Waals surface area contributed by atoms with Gasteiger partial charge in [0, 0.05) is 19.6 Å². The maximum atomic E-state index is 13.6. The Labute approximate surface area is 99.8 Å². The van der Waals surface area contributed by atoms with Gasteiger partial charge in [0.15, 0.2) is 0 Å². The third-order valence-electron chi connectivity index (χ3n) is 3.13. The summed E-state index contributed by atoms with van der Waals surface area (Å²) in [5, 5.41) is 0. The molecule has 1 saturated heterocycles. The topological polar surface area (TPSA) is 49.6 Å². The highest BCUT2D eigenvalue weighted by Gasteiger charge is 2.33. The van der Waals surface area contributed by atoms with Crippen molar-refractivity contribution in [1.82, 2.24) is 4.90 Å². The Balaban J connectivity index is 2.28. The Kier molecular flexibility index (Phi) is 3.40. The minimum atomic E-state index is -0.374. The van der Waals surface area contributed by atoms with Crippen LogP contribution >= 0.6 is 0 Å². The molecule has 92 valence electrons. The summed E-state index contributed by atoms with van der Waals surface area (Å²) in [4.78, 5) is 15.5. The van der Waals surface area contributed by atoms with Crippen LogP contribution in [-0.2, 0) is 4.79 Å². The largest absolute Gasteiger partial charge is 0.328 e. The van der Waals surface area contributed by atoms with Crippen molar-refractivity contribution < 1.29 is 9.18 Å². The first-order valence-corrected chi connectivity index (χ1v) is 5.61. The van der Waals surface area contributed by atoms with E-state index in [-0.39, 0.29) is 24.3 Å². The Hall–Kier alpha value is -1.46. The van der Waals surface area contributed by atoms with Crippen molar-refractivity contribution in [1.29, 1.82) is 0 Å². The zero-order valence-electron chi connectivity index (χ0n) is 9.77. The van der Waals surface area contributed by atoms with Crippen molar-refractivity contribution >= 4 is 11.6 Å². The van der Waals surface area contributed by atoms with Crippen molar-refractivity contribution in [3.63, 3.8) is 0 Å². The first kappa shape index (κ1) is 12.0. The lowest BCUT2D eigenvalue weighted by Gasteiger charge is -2.38. The van der Waals surface area contributed by atoms with E-state index in [2.05, 4.69) is 0 Å². The first-order chi connectivity index (χ1) is 8.15. The Morgan fingerprint density at radius 3 is 2.76 bits per heavy atom. The van der Waals surface area contributed by atoms with E-state index in [1.54, 1.807) is 18.2 Å². The van der Waals surface area contributed by atoms with E-state index >= 15 is 0 Å². The van der Waals surface area contributed by atoms with Crippen molar-refractivity contribution in [3.8, 4) is 0 Å². The zero-order chi connectivity index (χ0) is 12.4. The molecule has 1 heterocycles. The van der Waals surface area contributed by atoms with Gasteiger partial charge in [-0.3, -0.25) is 9.69 Å². The molecule has 0 bridgehead atoms. The molecule has 0 radical (unpaired) electrons. The molecule has 0 spiro atoms. The standard InChI is InChI=1S/C12H16FN3O/c1-15-6-7-16(12(17)11(15)8-14)10-5-3-2-4-9(10)13/h2-5,11H,6-8,14H2,1H3. The summed E-state index contributed by atoms with van der Waals surface area (Å²) in [7, 11) is 1.86. The summed E-state index contributed by atoms with van der Waals surface area (Å²) in [5.74, 6) is -0.507. The molecular weight excluding hydrogens is 221 g/mol. The monoisotopic (exact) mass is 237 g/mol. The Morgan fingerprint density at radius 1 is 1.41 bits per heavy atom. The van der Waals surface area contributed by atoms with Crippen LogP contribution in [0.15, 0.2) is 24.3 Å². The predicted octanol–water partition coefficient (Wildman–Crippen LogP) is 0.431. The van der Waals surface area contributed by atoms with Crippen LogP contribution in [-0.4, -0.2) is 43.5 Å². The van der Waals surface area contributed by atoms with Gasteiger partial charge in [0.05, 0.1) is 5.69 Å². The number of carbonyl (C=O) groups excluding carboxylic acids is 1. The second kappa shape index (κ2) is 4.81. The number of piperazine rings is 1. The highest BCUT2D eigenvalue weighted by Crippen LogP contribution is 2.22. The molecule has 1 aromatic carbocycles. The number of amides is 1. The summed E-state index contributed by atoms with van der Waals surface area (Å²) in [6, 6.07) is 5.95. The molecule has 4 nitrogen and oxygen atoms in total. The van der Waals surface area contributed by atoms with Crippen LogP contribution in [0.2, 0.25) is 0 Å². The van der Waals surface area contributed by atoms with Crippen molar-refractivity contribution in [3.05, 3.63) is 30.1 Å². The maximum absolute atomic E-state index is 13.6. The SMILES string of the molecule is CN1CCN(c2ccccc2F)C(=O)C1CN. The second-order valence-electron chi connectivity index (χ2n) is 4.17. The number of nitrogens with zero attached hydrogens (tertiary/aromatic N) is 2. The van der Waals surface area contributed by atoms with E-state index < -0.39 is 0 Å². The minimum Gasteiger partial charge on any atom is -0.328 e. The first-order valence-electron chi connectivity index (χ1n) is 5.61. The zero-order valence-corrected chi connectivity index (χ0v) is 9.77. The molecule has 17 heavy (non-hydrogen) atoms. The quantitative estimate of drug-likeness (QED) is 0.811. The molecule has 5 heteroatoms. The van der Waals surface area contributed by atoms with Crippen LogP contribution in [0.5, 0.6) is 0 Å². The number of hydrogen-bond donors (Lipinski definition) is 1. The molecule has 0 aliphatic carbocycles. The number of halogens is 1. The number of benzene rings is 1. The molecule has 1 amide bonds. The molecule has 1 fully saturated rings. The van der Waals surface area contributed by atoms with Crippen LogP contribution in [0.4, 0.5) is 10.1 Å². The van der Waals surface area contributed by atoms with Crippen LogP contribution in [0, 0.1) is 5.82 Å². The van der Waals surface area contributed by atoms with Gasteiger partial charge < -0.3 is 10.6 Å². The second-order valence-corrected chi connectivity index (χ2v) is 4.17. The summed E-state index contributed by atoms with van der Waals surface area (Å²) in [6.45, 7) is 1.44. The van der Waals surface area contributed by atoms with E-state index in [4.69, 9.17) is 5.73 Å². The summed E-state index contributed by atoms with van der Waals surface area (Å²) in [5.41, 5.74) is 5.92. The highest BCUT2D eigenvalue weighted by atomic mass is 19.1. The minimum absolute atomic E-state index is 0.133. The average molecular weight is 237 g/mol. The van der Waals surface area contributed by atoms with Crippen LogP contribution in [0.1, 0.15) is 0 Å². The normalized spacial score (nSPS) is 21.9. The molecule has 2 rings (SSSR count). The van der Waals surface area contributed by atoms with Crippen molar-refractivity contribution in [2.75, 3.05) is 31.6 Å². The smallest absolute Gasteiger partial charge is 0.245 e. The number of likely N-dealkylation sites (N-methyl/N-ethyl adjacent to an activating group) is 1. The number of hydrogen-bond acceptors (Lipinski definition) is 3. The summed E-state index contributed by atoms with van der Waals surface area (Å²) < 4.78 is 13.6. The van der Waals surface area contributed by atoms with E-state index in [1.807, 2.05) is 11.9 Å². The molecule has 0 saturated carbocycles. The molecule has 1 aliphatic heterocycles. The fourth-order valence-corrected chi connectivity index (χ4v) is 2.08. The van der Waals surface area contributed by atoms with E-state index in [0.717, 1.165) is 0 Å². The Bertz CT molecular complexity index is 424. The maximum Gasteiger partial charge on any atom is 0.245 e. The van der Waals surface area contributed by atoms with Crippen LogP contribution < -0.4 is 10.6 Å². The van der Waals surface area contributed by atoms with Gasteiger partial charge in [0.25, 0.3) is 0 Å². The van der Waals surface area contributed by atoms with Gasteiger partial charge in [-0.05, 0) is 19.2 Å². The van der Waals surface area contributed by atoms with E-state index in [1.165, 1.54) is 11.0 Å². The van der Waals surface area contributed by atoms with Crippen molar-refractivity contribution in [2.24, 2.45) is 5.73 Å². The summed E-state index contributed by atoms with van der Waals surface area (Å²) >= 11 is 0. The number of para-hydroxylation sites is 1. The predicted molar refractivity (Wildman–Crippen MR) is 64.2 cm³/mol. The molecule has 1 aromatic rings. The average Bonchev–Trinajstić information content (AvgIpc) is 2.31. The third-order valence-corrected chi connectivity index (χ3v) is 3.13. The van der Waals surface area contributed by atoms with Crippen LogP contribution in [0.25, 0.3) is 0 Å². The molecule has 0 aromatic heterocycles. The summed E-state index contributed by atoms with van der Waals surface area (Å²) in [6.07, 6.45) is 0. The van der Waals surface area contributed by atoms with Gasteiger partial charge in [0.1, 0.15) is 11.9 Å². The fraction of sp³-hybridized carbons (Fsp3) is 0.417. The van der Waals surface area contributed by atoms with Crippen molar-refractivity contribution in [2.45, 2.75) is 6.04 Å². The molecule has 1 aliphatic rings.